The lowest BCUT2D eigenvalue weighted by Crippen LogP contribution is -2.66. The second kappa shape index (κ2) is 9.17. The molecule has 5 rings (SSSR count). The summed E-state index contributed by atoms with van der Waals surface area (Å²) in [6.07, 6.45) is 9.30. The molecule has 4 saturated carbocycles. The normalized spacial score (nSPS) is 46.2. The van der Waals surface area contributed by atoms with Gasteiger partial charge in [-0.05, 0) is 99.2 Å². The fraction of sp³-hybridized carbons (Fsp3) is 0.893. The van der Waals surface area contributed by atoms with Gasteiger partial charge in [-0.3, -0.25) is 9.59 Å². The molecule has 9 atom stereocenters. The van der Waals surface area contributed by atoms with Crippen LogP contribution in [0.15, 0.2) is 0 Å². The summed E-state index contributed by atoms with van der Waals surface area (Å²) in [5.74, 6) is 0.0381. The highest BCUT2D eigenvalue weighted by atomic mass is 16.6. The Bertz CT molecular complexity index is 910. The molecule has 4 unspecified atom stereocenters. The van der Waals surface area contributed by atoms with Gasteiger partial charge in [0.15, 0.2) is 0 Å². The van der Waals surface area contributed by atoms with Crippen LogP contribution in [0.25, 0.3) is 0 Å². The van der Waals surface area contributed by atoms with Crippen LogP contribution < -0.4 is 5.73 Å². The lowest BCUT2D eigenvalue weighted by Gasteiger charge is -2.64. The molecule has 202 valence electrons. The molecule has 1 amide bonds. The molecule has 36 heavy (non-hydrogen) atoms. The van der Waals surface area contributed by atoms with Crippen molar-refractivity contribution in [3.05, 3.63) is 0 Å². The number of carboxylic acids is 1. The number of aliphatic carboxylic acids is 1. The van der Waals surface area contributed by atoms with Gasteiger partial charge in [0.25, 0.3) is 0 Å². The molecule has 1 saturated heterocycles. The standard InChI is InChI=1S/C28H44N2O6/c1-17(31)35-20-5-4-14-30(16-20)25(34)36-19-8-11-26(2)18(15-19)6-7-22-21(26)9-12-27(3)23(24(32)33)10-13-28(22,27)29/h18-23H,4-16,29H2,1-3H3,(H,32,33)/t18?,19?,20?,21-,22-,23?,26+,27-,28-/m1/s1. The molecule has 8 heteroatoms. The number of likely N-dealkylation sites (tertiary alicyclic amines) is 1. The second-order valence-electron chi connectivity index (χ2n) is 13.0. The maximum Gasteiger partial charge on any atom is 0.410 e. The van der Waals surface area contributed by atoms with Crippen molar-refractivity contribution in [3.8, 4) is 0 Å². The van der Waals surface area contributed by atoms with E-state index in [1.807, 2.05) is 0 Å². The van der Waals surface area contributed by atoms with Gasteiger partial charge in [-0.15, -0.1) is 0 Å². The SMILES string of the molecule is CC(=O)OC1CCCN(C(=O)OC2CC[C@@]3(C)C(CC[C@@H]4[C@H]3CC[C@]3(C)C(C(=O)O)CC[C@@]43N)C2)C1. The van der Waals surface area contributed by atoms with Crippen LogP contribution in [0.2, 0.25) is 0 Å². The predicted molar refractivity (Wildman–Crippen MR) is 133 cm³/mol. The summed E-state index contributed by atoms with van der Waals surface area (Å²) in [5, 5.41) is 9.89. The summed E-state index contributed by atoms with van der Waals surface area (Å²) >= 11 is 0. The monoisotopic (exact) mass is 504 g/mol. The van der Waals surface area contributed by atoms with E-state index in [1.165, 1.54) is 6.92 Å². The number of carbonyl (C=O) groups is 3. The van der Waals surface area contributed by atoms with E-state index in [2.05, 4.69) is 13.8 Å². The molecule has 0 spiro atoms. The highest BCUT2D eigenvalue weighted by Crippen LogP contribution is 2.68. The van der Waals surface area contributed by atoms with Gasteiger partial charge in [-0.2, -0.15) is 0 Å². The van der Waals surface area contributed by atoms with Gasteiger partial charge in [0.05, 0.1) is 12.5 Å². The number of fused-ring (bicyclic) bond motifs is 5. The first-order chi connectivity index (χ1) is 17.0. The Morgan fingerprint density at radius 2 is 1.69 bits per heavy atom. The minimum Gasteiger partial charge on any atom is -0.481 e. The second-order valence-corrected chi connectivity index (χ2v) is 13.0. The number of carboxylic acid groups (broad SMARTS) is 1. The maximum atomic E-state index is 13.0. The van der Waals surface area contributed by atoms with E-state index >= 15 is 0 Å². The van der Waals surface area contributed by atoms with Crippen molar-refractivity contribution < 1.29 is 29.0 Å². The highest BCUT2D eigenvalue weighted by Gasteiger charge is 2.67. The Morgan fingerprint density at radius 1 is 0.917 bits per heavy atom. The van der Waals surface area contributed by atoms with Crippen LogP contribution in [0.5, 0.6) is 0 Å². The van der Waals surface area contributed by atoms with Crippen LogP contribution in [-0.4, -0.2) is 58.9 Å². The number of esters is 1. The minimum atomic E-state index is -0.682. The predicted octanol–water partition coefficient (Wildman–Crippen LogP) is 4.34. The summed E-state index contributed by atoms with van der Waals surface area (Å²) in [4.78, 5) is 38.0. The molecule has 0 bridgehead atoms. The molecular weight excluding hydrogens is 460 g/mol. The van der Waals surface area contributed by atoms with Gasteiger partial charge in [0, 0.05) is 19.0 Å². The first-order valence-electron chi connectivity index (χ1n) is 14.1. The number of hydrogen-bond donors (Lipinski definition) is 2. The molecule has 0 aromatic carbocycles. The van der Waals surface area contributed by atoms with E-state index < -0.39 is 11.5 Å². The Morgan fingerprint density at radius 3 is 2.42 bits per heavy atom. The average molecular weight is 505 g/mol. The lowest BCUT2D eigenvalue weighted by atomic mass is 9.42. The van der Waals surface area contributed by atoms with Crippen LogP contribution in [0.4, 0.5) is 4.79 Å². The Balaban J connectivity index is 1.23. The van der Waals surface area contributed by atoms with Crippen LogP contribution in [0, 0.1) is 34.5 Å². The molecule has 0 radical (unpaired) electrons. The third-order valence-corrected chi connectivity index (χ3v) is 11.5. The van der Waals surface area contributed by atoms with Crippen LogP contribution in [0.1, 0.15) is 91.4 Å². The van der Waals surface area contributed by atoms with E-state index in [0.29, 0.717) is 37.3 Å². The molecule has 8 nitrogen and oxygen atoms in total. The molecule has 1 heterocycles. The summed E-state index contributed by atoms with van der Waals surface area (Å²) in [6.45, 7) is 7.03. The van der Waals surface area contributed by atoms with Crippen LogP contribution in [0.3, 0.4) is 0 Å². The van der Waals surface area contributed by atoms with Crippen molar-refractivity contribution in [1.82, 2.24) is 4.90 Å². The topological polar surface area (TPSA) is 119 Å². The van der Waals surface area contributed by atoms with E-state index in [4.69, 9.17) is 15.2 Å². The Hall–Kier alpha value is -1.83. The first kappa shape index (κ1) is 25.8. The van der Waals surface area contributed by atoms with Gasteiger partial charge < -0.3 is 25.2 Å². The van der Waals surface area contributed by atoms with Crippen molar-refractivity contribution in [2.24, 2.45) is 40.2 Å². The number of ether oxygens (including phenoxy) is 2. The van der Waals surface area contributed by atoms with Crippen molar-refractivity contribution in [1.29, 1.82) is 0 Å². The van der Waals surface area contributed by atoms with E-state index in [9.17, 15) is 19.5 Å². The Kier molecular flexibility index (Phi) is 6.58. The smallest absolute Gasteiger partial charge is 0.410 e. The minimum absolute atomic E-state index is 0.0789. The summed E-state index contributed by atoms with van der Waals surface area (Å²) in [5.41, 5.74) is 6.64. The van der Waals surface area contributed by atoms with Crippen molar-refractivity contribution >= 4 is 18.0 Å². The maximum absolute atomic E-state index is 13.0. The van der Waals surface area contributed by atoms with Crippen molar-refractivity contribution in [2.75, 3.05) is 13.1 Å². The summed E-state index contributed by atoms with van der Waals surface area (Å²) in [6, 6.07) is 0. The van der Waals surface area contributed by atoms with Gasteiger partial charge in [-0.1, -0.05) is 13.8 Å². The zero-order valence-corrected chi connectivity index (χ0v) is 22.2. The number of carbonyl (C=O) groups excluding carboxylic acids is 2. The summed E-state index contributed by atoms with van der Waals surface area (Å²) < 4.78 is 11.3. The molecule has 0 aromatic rings. The van der Waals surface area contributed by atoms with Gasteiger partial charge in [0.1, 0.15) is 12.2 Å². The number of nitrogens with two attached hydrogens (primary N) is 1. The lowest BCUT2D eigenvalue weighted by molar-refractivity contribution is -0.158. The molecule has 5 aliphatic rings. The third kappa shape index (κ3) is 4.02. The third-order valence-electron chi connectivity index (χ3n) is 11.5. The molecule has 4 aliphatic carbocycles. The molecule has 3 N–H and O–H groups in total. The van der Waals surface area contributed by atoms with Crippen molar-refractivity contribution in [3.63, 3.8) is 0 Å². The number of piperidine rings is 1. The van der Waals surface area contributed by atoms with Crippen LogP contribution >= 0.6 is 0 Å². The average Bonchev–Trinajstić information content (AvgIpc) is 3.10. The zero-order valence-electron chi connectivity index (χ0n) is 22.2. The quantitative estimate of drug-likeness (QED) is 0.549. The number of nitrogens with zero attached hydrogens (tertiary/aromatic N) is 1. The zero-order chi connectivity index (χ0) is 25.9. The highest BCUT2D eigenvalue weighted by molar-refractivity contribution is 5.72. The fourth-order valence-electron chi connectivity index (χ4n) is 9.44. The molecule has 1 aliphatic heterocycles. The van der Waals surface area contributed by atoms with E-state index in [1.54, 1.807) is 4.90 Å². The van der Waals surface area contributed by atoms with Crippen LogP contribution in [-0.2, 0) is 19.1 Å². The number of amides is 1. The van der Waals surface area contributed by atoms with Gasteiger partial charge in [0.2, 0.25) is 0 Å². The van der Waals surface area contributed by atoms with Gasteiger partial charge in [-0.25, -0.2) is 4.79 Å². The number of rotatable bonds is 3. The van der Waals surface area contributed by atoms with Crippen molar-refractivity contribution in [2.45, 2.75) is 109 Å². The fourth-order valence-corrected chi connectivity index (χ4v) is 9.44. The first-order valence-corrected chi connectivity index (χ1v) is 14.1. The van der Waals surface area contributed by atoms with Gasteiger partial charge >= 0.3 is 18.0 Å². The van der Waals surface area contributed by atoms with E-state index in [-0.39, 0.29) is 41.0 Å². The molecular formula is C28H44N2O6. The number of hydrogen-bond acceptors (Lipinski definition) is 6. The molecule has 0 aromatic heterocycles. The largest absolute Gasteiger partial charge is 0.481 e. The van der Waals surface area contributed by atoms with E-state index in [0.717, 1.165) is 64.2 Å². The summed E-state index contributed by atoms with van der Waals surface area (Å²) in [7, 11) is 0. The molecule has 5 fully saturated rings. The Labute approximate surface area is 214 Å².